The predicted octanol–water partition coefficient (Wildman–Crippen LogP) is 4.61. The highest BCUT2D eigenvalue weighted by Crippen LogP contribution is 2.30. The second-order valence-electron chi connectivity index (χ2n) is 7.94. The molecule has 1 heterocycles. The van der Waals surface area contributed by atoms with Gasteiger partial charge in [-0.3, -0.25) is 4.90 Å². The van der Waals surface area contributed by atoms with Crippen molar-refractivity contribution in [3.8, 4) is 5.75 Å². The predicted molar refractivity (Wildman–Crippen MR) is 105 cm³/mol. The zero-order valence-electron chi connectivity index (χ0n) is 16.2. The van der Waals surface area contributed by atoms with Crippen molar-refractivity contribution in [2.75, 3.05) is 0 Å². The molecule has 1 aromatic rings. The van der Waals surface area contributed by atoms with E-state index in [4.69, 9.17) is 21.1 Å². The molecule has 3 rings (SSSR count). The summed E-state index contributed by atoms with van der Waals surface area (Å²) in [5, 5.41) is 10.4. The van der Waals surface area contributed by atoms with E-state index in [1.165, 1.54) is 4.90 Å². The van der Waals surface area contributed by atoms with Gasteiger partial charge in [0.05, 0.1) is 6.54 Å². The number of halogens is 1. The fourth-order valence-electron chi connectivity index (χ4n) is 3.20. The Labute approximate surface area is 169 Å². The minimum absolute atomic E-state index is 0.177. The Balaban J connectivity index is 1.81. The van der Waals surface area contributed by atoms with Crippen LogP contribution < -0.4 is 4.74 Å². The number of fused-ring (bicyclic) bond motifs is 1. The number of rotatable bonds is 3. The summed E-state index contributed by atoms with van der Waals surface area (Å²) in [5.74, 6) is 0.229. The summed E-state index contributed by atoms with van der Waals surface area (Å²) in [6.45, 7) is 5.43. The molecule has 0 radical (unpaired) electrons. The molecule has 1 unspecified atom stereocenters. The van der Waals surface area contributed by atoms with Gasteiger partial charge in [-0.15, -0.1) is 0 Å². The fraction of sp³-hybridized carbons (Fsp3) is 0.429. The first kappa shape index (κ1) is 20.3. The first-order chi connectivity index (χ1) is 13.1. The maximum absolute atomic E-state index is 12.5. The Morgan fingerprint density at radius 1 is 1.25 bits per heavy atom. The number of carbonyl (C=O) groups is 2. The molecule has 150 valence electrons. The highest BCUT2D eigenvalue weighted by Gasteiger charge is 2.37. The van der Waals surface area contributed by atoms with Crippen molar-refractivity contribution < 1.29 is 24.2 Å². The van der Waals surface area contributed by atoms with Gasteiger partial charge in [-0.1, -0.05) is 17.7 Å². The summed E-state index contributed by atoms with van der Waals surface area (Å²) in [7, 11) is 0. The van der Waals surface area contributed by atoms with Crippen LogP contribution in [-0.4, -0.2) is 33.7 Å². The summed E-state index contributed by atoms with van der Waals surface area (Å²) in [6, 6.07) is 4.51. The number of allylic oxidation sites excluding steroid dienone is 3. The Morgan fingerprint density at radius 2 is 2.00 bits per heavy atom. The second kappa shape index (κ2) is 7.87. The van der Waals surface area contributed by atoms with Crippen LogP contribution in [0.25, 0.3) is 0 Å². The van der Waals surface area contributed by atoms with Crippen molar-refractivity contribution in [2.24, 2.45) is 0 Å². The third-order valence-corrected chi connectivity index (χ3v) is 4.78. The van der Waals surface area contributed by atoms with E-state index >= 15 is 0 Å². The molecule has 0 spiro atoms. The average molecular weight is 406 g/mol. The molecular formula is C21H24ClNO5. The molecule has 6 nitrogen and oxygen atoms in total. The van der Waals surface area contributed by atoms with Gasteiger partial charge in [-0.05, 0) is 69.0 Å². The van der Waals surface area contributed by atoms with Crippen molar-refractivity contribution in [1.82, 2.24) is 4.90 Å². The monoisotopic (exact) mass is 405 g/mol. The van der Waals surface area contributed by atoms with Gasteiger partial charge in [0.1, 0.15) is 23.2 Å². The molecule has 0 fully saturated rings. The molecule has 1 amide bonds. The zero-order chi connectivity index (χ0) is 20.5. The first-order valence-electron chi connectivity index (χ1n) is 9.21. The molecule has 1 aliphatic heterocycles. The molecule has 28 heavy (non-hydrogen) atoms. The van der Waals surface area contributed by atoms with Crippen LogP contribution in [0.4, 0.5) is 4.79 Å². The van der Waals surface area contributed by atoms with Crippen molar-refractivity contribution in [3.05, 3.63) is 52.3 Å². The number of carboxylic acids is 1. The fourth-order valence-corrected chi connectivity index (χ4v) is 3.42. The normalized spacial score (nSPS) is 19.3. The summed E-state index contributed by atoms with van der Waals surface area (Å²) in [5.41, 5.74) is 1.03. The van der Waals surface area contributed by atoms with Gasteiger partial charge in [0.25, 0.3) is 0 Å². The highest BCUT2D eigenvalue weighted by atomic mass is 35.5. The van der Waals surface area contributed by atoms with Gasteiger partial charge in [0, 0.05) is 11.5 Å². The molecular weight excluding hydrogens is 382 g/mol. The smallest absolute Gasteiger partial charge is 0.411 e. The third-order valence-electron chi connectivity index (χ3n) is 4.48. The summed E-state index contributed by atoms with van der Waals surface area (Å²) in [4.78, 5) is 25.5. The van der Waals surface area contributed by atoms with Gasteiger partial charge in [0.15, 0.2) is 0 Å². The summed E-state index contributed by atoms with van der Waals surface area (Å²) < 4.78 is 11.3. The quantitative estimate of drug-likeness (QED) is 0.794. The maximum atomic E-state index is 12.5. The van der Waals surface area contributed by atoms with Crippen LogP contribution in [0.5, 0.6) is 5.75 Å². The molecule has 1 aliphatic carbocycles. The number of hydrogen-bond donors (Lipinski definition) is 1. The molecule has 0 bridgehead atoms. The lowest BCUT2D eigenvalue weighted by atomic mass is 9.94. The Bertz CT molecular complexity index is 853. The number of carbonyl (C=O) groups excluding carboxylic acids is 1. The number of aliphatic carboxylic acids is 1. The largest absolute Gasteiger partial charge is 0.480 e. The molecule has 1 aromatic carbocycles. The van der Waals surface area contributed by atoms with E-state index in [9.17, 15) is 14.7 Å². The second-order valence-corrected chi connectivity index (χ2v) is 8.42. The van der Waals surface area contributed by atoms with Gasteiger partial charge in [-0.2, -0.15) is 0 Å². The van der Waals surface area contributed by atoms with Crippen LogP contribution in [0.3, 0.4) is 0 Å². The Morgan fingerprint density at radius 3 is 2.64 bits per heavy atom. The molecule has 0 saturated carbocycles. The molecule has 0 aromatic heterocycles. The van der Waals surface area contributed by atoms with Crippen LogP contribution in [0, 0.1) is 0 Å². The van der Waals surface area contributed by atoms with Crippen molar-refractivity contribution in [3.63, 3.8) is 0 Å². The topological polar surface area (TPSA) is 76.1 Å². The lowest BCUT2D eigenvalue weighted by Crippen LogP contribution is -2.50. The minimum Gasteiger partial charge on any atom is -0.480 e. The number of nitrogens with zero attached hydrogens (tertiary/aromatic N) is 1. The maximum Gasteiger partial charge on any atom is 0.411 e. The summed E-state index contributed by atoms with van der Waals surface area (Å²) >= 11 is 6.06. The molecule has 1 N–H and O–H groups in total. The molecule has 1 atom stereocenters. The zero-order valence-corrected chi connectivity index (χ0v) is 17.0. The Hall–Kier alpha value is -2.47. The average Bonchev–Trinajstić information content (AvgIpc) is 2.59. The third kappa shape index (κ3) is 4.87. The van der Waals surface area contributed by atoms with Gasteiger partial charge in [-0.25, -0.2) is 9.59 Å². The number of hydrogen-bond acceptors (Lipinski definition) is 4. The highest BCUT2D eigenvalue weighted by molar-refractivity contribution is 6.29. The molecule has 0 saturated heterocycles. The van der Waals surface area contributed by atoms with Crippen LogP contribution in [0.2, 0.25) is 0 Å². The van der Waals surface area contributed by atoms with E-state index in [-0.39, 0.29) is 13.0 Å². The van der Waals surface area contributed by atoms with Crippen LogP contribution >= 0.6 is 11.6 Å². The number of amides is 1. The van der Waals surface area contributed by atoms with Crippen molar-refractivity contribution in [2.45, 2.75) is 58.2 Å². The first-order valence-corrected chi connectivity index (χ1v) is 9.58. The number of ether oxygens (including phenoxy) is 2. The van der Waals surface area contributed by atoms with Gasteiger partial charge in [0.2, 0.25) is 0 Å². The SMILES string of the molecule is CC(C)(C)OC(=O)N1Cc2ccc(OC3=CCCC(Cl)=C3)cc2CC1C(=O)O. The lowest BCUT2D eigenvalue weighted by molar-refractivity contribution is -0.143. The van der Waals surface area contributed by atoms with E-state index in [2.05, 4.69) is 0 Å². The Kier molecular flexibility index (Phi) is 5.70. The number of benzene rings is 1. The van der Waals surface area contributed by atoms with Crippen LogP contribution in [0.15, 0.2) is 41.1 Å². The lowest BCUT2D eigenvalue weighted by Gasteiger charge is -2.35. The van der Waals surface area contributed by atoms with Crippen LogP contribution in [0.1, 0.15) is 44.7 Å². The molecule has 2 aliphatic rings. The van der Waals surface area contributed by atoms with E-state index in [1.807, 2.05) is 24.3 Å². The van der Waals surface area contributed by atoms with Crippen molar-refractivity contribution in [1.29, 1.82) is 0 Å². The van der Waals surface area contributed by atoms with Crippen molar-refractivity contribution >= 4 is 23.7 Å². The van der Waals surface area contributed by atoms with Gasteiger partial charge < -0.3 is 14.6 Å². The summed E-state index contributed by atoms with van der Waals surface area (Å²) in [6.07, 6.45) is 4.94. The van der Waals surface area contributed by atoms with E-state index in [1.54, 1.807) is 26.8 Å². The van der Waals surface area contributed by atoms with E-state index < -0.39 is 23.7 Å². The van der Waals surface area contributed by atoms with Crippen LogP contribution in [-0.2, 0) is 22.5 Å². The van der Waals surface area contributed by atoms with E-state index in [0.717, 1.165) is 29.0 Å². The number of carboxylic acid groups (broad SMARTS) is 1. The minimum atomic E-state index is -1.06. The molecule has 7 heteroatoms. The standard InChI is InChI=1S/C21H24ClNO5/c1-21(2,3)28-20(26)23-12-13-7-8-17(9-14(13)10-18(23)19(24)25)27-16-6-4-5-15(22)11-16/h6-9,11,18H,4-5,10,12H2,1-3H3,(H,24,25). The van der Waals surface area contributed by atoms with E-state index in [0.29, 0.717) is 11.5 Å². The van der Waals surface area contributed by atoms with Gasteiger partial charge >= 0.3 is 12.1 Å².